The van der Waals surface area contributed by atoms with E-state index in [2.05, 4.69) is 0 Å². The number of benzene rings is 1. The molecule has 0 unspecified atom stereocenters. The van der Waals surface area contributed by atoms with Crippen LogP contribution in [-0.4, -0.2) is 24.4 Å². The standard InChI is InChI=1S/C14H18FNO/c1-10-8-12(15)6-7-13(10)14(17)16(2)9-11-4-3-5-11/h6-8,11H,3-5,9H2,1-2H3. The molecule has 1 aromatic carbocycles. The molecular weight excluding hydrogens is 217 g/mol. The van der Waals surface area contributed by atoms with Gasteiger partial charge in [-0.15, -0.1) is 0 Å². The molecule has 1 saturated carbocycles. The lowest BCUT2D eigenvalue weighted by Crippen LogP contribution is -2.34. The SMILES string of the molecule is Cc1cc(F)ccc1C(=O)N(C)CC1CCC1. The van der Waals surface area contributed by atoms with Crippen LogP contribution in [0.15, 0.2) is 18.2 Å². The topological polar surface area (TPSA) is 20.3 Å². The smallest absolute Gasteiger partial charge is 0.253 e. The molecule has 0 heterocycles. The molecule has 1 fully saturated rings. The normalized spacial score (nSPS) is 15.5. The predicted octanol–water partition coefficient (Wildman–Crippen LogP) is 3.01. The summed E-state index contributed by atoms with van der Waals surface area (Å²) in [5, 5.41) is 0. The second-order valence-corrected chi connectivity index (χ2v) is 4.94. The third-order valence-electron chi connectivity index (χ3n) is 3.52. The number of halogens is 1. The van der Waals surface area contributed by atoms with Gasteiger partial charge in [0.25, 0.3) is 5.91 Å². The van der Waals surface area contributed by atoms with Crippen LogP contribution in [0.25, 0.3) is 0 Å². The van der Waals surface area contributed by atoms with E-state index < -0.39 is 0 Å². The van der Waals surface area contributed by atoms with Gasteiger partial charge in [-0.1, -0.05) is 6.42 Å². The number of hydrogen-bond donors (Lipinski definition) is 0. The van der Waals surface area contributed by atoms with Gasteiger partial charge >= 0.3 is 0 Å². The van der Waals surface area contributed by atoms with Crippen molar-refractivity contribution < 1.29 is 9.18 Å². The molecule has 0 radical (unpaired) electrons. The summed E-state index contributed by atoms with van der Waals surface area (Å²) in [6, 6.07) is 4.33. The first-order valence-electron chi connectivity index (χ1n) is 6.09. The molecule has 2 nitrogen and oxygen atoms in total. The van der Waals surface area contributed by atoms with Crippen molar-refractivity contribution in [1.82, 2.24) is 4.90 Å². The highest BCUT2D eigenvalue weighted by Gasteiger charge is 2.22. The second kappa shape index (κ2) is 4.86. The van der Waals surface area contributed by atoms with Gasteiger partial charge in [-0.05, 0) is 49.4 Å². The quantitative estimate of drug-likeness (QED) is 0.788. The summed E-state index contributed by atoms with van der Waals surface area (Å²) in [7, 11) is 1.82. The number of rotatable bonds is 3. The van der Waals surface area contributed by atoms with Crippen LogP contribution >= 0.6 is 0 Å². The van der Waals surface area contributed by atoms with Gasteiger partial charge in [0.1, 0.15) is 5.82 Å². The van der Waals surface area contributed by atoms with E-state index in [0.717, 1.165) is 6.54 Å². The van der Waals surface area contributed by atoms with Crippen LogP contribution in [-0.2, 0) is 0 Å². The van der Waals surface area contributed by atoms with Gasteiger partial charge in [0, 0.05) is 19.2 Å². The molecule has 2 rings (SSSR count). The number of nitrogens with zero attached hydrogens (tertiary/aromatic N) is 1. The molecule has 0 aliphatic heterocycles. The third-order valence-corrected chi connectivity index (χ3v) is 3.52. The summed E-state index contributed by atoms with van der Waals surface area (Å²) in [6.45, 7) is 2.59. The first kappa shape index (κ1) is 12.1. The molecule has 0 spiro atoms. The maximum Gasteiger partial charge on any atom is 0.253 e. The molecule has 17 heavy (non-hydrogen) atoms. The Morgan fingerprint density at radius 3 is 2.71 bits per heavy atom. The van der Waals surface area contributed by atoms with Crippen molar-refractivity contribution in [1.29, 1.82) is 0 Å². The first-order valence-corrected chi connectivity index (χ1v) is 6.09. The second-order valence-electron chi connectivity index (χ2n) is 4.94. The maximum absolute atomic E-state index is 13.0. The lowest BCUT2D eigenvalue weighted by atomic mass is 9.85. The third kappa shape index (κ3) is 2.65. The fourth-order valence-corrected chi connectivity index (χ4v) is 2.22. The van der Waals surface area contributed by atoms with Gasteiger partial charge in [0.2, 0.25) is 0 Å². The Morgan fingerprint density at radius 2 is 2.18 bits per heavy atom. The average molecular weight is 235 g/mol. The zero-order valence-electron chi connectivity index (χ0n) is 10.4. The lowest BCUT2D eigenvalue weighted by molar-refractivity contribution is 0.0744. The van der Waals surface area contributed by atoms with Crippen LogP contribution < -0.4 is 0 Å². The zero-order valence-corrected chi connectivity index (χ0v) is 10.4. The minimum Gasteiger partial charge on any atom is -0.341 e. The molecule has 1 aliphatic rings. The van der Waals surface area contributed by atoms with E-state index in [-0.39, 0.29) is 11.7 Å². The van der Waals surface area contributed by atoms with Crippen LogP contribution in [0.5, 0.6) is 0 Å². The van der Waals surface area contributed by atoms with Crippen LogP contribution in [0.1, 0.15) is 35.2 Å². The maximum atomic E-state index is 13.0. The minimum absolute atomic E-state index is 0.00519. The molecule has 92 valence electrons. The largest absolute Gasteiger partial charge is 0.341 e. The molecule has 1 aromatic rings. The van der Waals surface area contributed by atoms with Gasteiger partial charge in [0.05, 0.1) is 0 Å². The minimum atomic E-state index is -0.291. The van der Waals surface area contributed by atoms with E-state index in [9.17, 15) is 9.18 Å². The number of amides is 1. The Morgan fingerprint density at radius 1 is 1.47 bits per heavy atom. The molecule has 0 atom stereocenters. The number of carbonyl (C=O) groups is 1. The van der Waals surface area contributed by atoms with Crippen molar-refractivity contribution in [2.24, 2.45) is 5.92 Å². The highest BCUT2D eigenvalue weighted by molar-refractivity contribution is 5.95. The van der Waals surface area contributed by atoms with E-state index in [1.165, 1.54) is 31.4 Å². The molecule has 0 N–H and O–H groups in total. The zero-order chi connectivity index (χ0) is 12.4. The van der Waals surface area contributed by atoms with E-state index in [0.29, 0.717) is 17.0 Å². The van der Waals surface area contributed by atoms with Crippen LogP contribution in [0.4, 0.5) is 4.39 Å². The molecule has 0 bridgehead atoms. The Kier molecular flexibility index (Phi) is 3.46. The number of hydrogen-bond acceptors (Lipinski definition) is 1. The van der Waals surface area contributed by atoms with E-state index >= 15 is 0 Å². The summed E-state index contributed by atoms with van der Waals surface area (Å²) < 4.78 is 13.0. The predicted molar refractivity (Wildman–Crippen MR) is 65.4 cm³/mol. The average Bonchev–Trinajstić information content (AvgIpc) is 2.22. The van der Waals surface area contributed by atoms with Crippen molar-refractivity contribution in [2.45, 2.75) is 26.2 Å². The summed E-state index contributed by atoms with van der Waals surface area (Å²) in [4.78, 5) is 13.9. The van der Waals surface area contributed by atoms with Gasteiger partial charge in [-0.25, -0.2) is 4.39 Å². The fraction of sp³-hybridized carbons (Fsp3) is 0.500. The number of aryl methyl sites for hydroxylation is 1. The van der Waals surface area contributed by atoms with E-state index in [1.807, 2.05) is 7.05 Å². The summed E-state index contributed by atoms with van der Waals surface area (Å²) in [5.74, 6) is 0.361. The van der Waals surface area contributed by atoms with E-state index in [1.54, 1.807) is 17.9 Å². The first-order chi connectivity index (χ1) is 8.08. The van der Waals surface area contributed by atoms with Crippen molar-refractivity contribution in [3.8, 4) is 0 Å². The van der Waals surface area contributed by atoms with Crippen molar-refractivity contribution in [3.63, 3.8) is 0 Å². The molecule has 1 amide bonds. The van der Waals surface area contributed by atoms with Gasteiger partial charge in [-0.3, -0.25) is 4.79 Å². The van der Waals surface area contributed by atoms with Gasteiger partial charge < -0.3 is 4.90 Å². The van der Waals surface area contributed by atoms with Crippen molar-refractivity contribution in [2.75, 3.05) is 13.6 Å². The lowest BCUT2D eigenvalue weighted by Gasteiger charge is -2.30. The molecule has 0 aromatic heterocycles. The highest BCUT2D eigenvalue weighted by Crippen LogP contribution is 2.27. The summed E-state index contributed by atoms with van der Waals surface area (Å²) in [6.07, 6.45) is 3.72. The van der Waals surface area contributed by atoms with Crippen molar-refractivity contribution >= 4 is 5.91 Å². The van der Waals surface area contributed by atoms with Crippen LogP contribution in [0.3, 0.4) is 0 Å². The van der Waals surface area contributed by atoms with Crippen LogP contribution in [0, 0.1) is 18.7 Å². The van der Waals surface area contributed by atoms with E-state index in [4.69, 9.17) is 0 Å². The van der Waals surface area contributed by atoms with Gasteiger partial charge in [0.15, 0.2) is 0 Å². The summed E-state index contributed by atoms with van der Waals surface area (Å²) in [5.41, 5.74) is 1.31. The molecular formula is C14H18FNO. The highest BCUT2D eigenvalue weighted by atomic mass is 19.1. The van der Waals surface area contributed by atoms with Crippen molar-refractivity contribution in [3.05, 3.63) is 35.1 Å². The van der Waals surface area contributed by atoms with Gasteiger partial charge in [-0.2, -0.15) is 0 Å². The Bertz CT molecular complexity index is 426. The molecule has 3 heteroatoms. The van der Waals surface area contributed by atoms with Crippen LogP contribution in [0.2, 0.25) is 0 Å². The Hall–Kier alpha value is -1.38. The fourth-order valence-electron chi connectivity index (χ4n) is 2.22. The summed E-state index contributed by atoms with van der Waals surface area (Å²) >= 11 is 0. The Balaban J connectivity index is 2.07. The number of carbonyl (C=O) groups excluding carboxylic acids is 1. The molecule has 1 aliphatic carbocycles. The monoisotopic (exact) mass is 235 g/mol. The Labute approximate surface area is 101 Å². The molecule has 0 saturated heterocycles.